The maximum absolute atomic E-state index is 11.1. The van der Waals surface area contributed by atoms with Gasteiger partial charge in [0.25, 0.3) is 0 Å². The van der Waals surface area contributed by atoms with E-state index in [0.29, 0.717) is 11.8 Å². The molecule has 0 aliphatic rings. The summed E-state index contributed by atoms with van der Waals surface area (Å²) >= 11 is 1.56. The number of carbonyl (C=O) groups excluding carboxylic acids is 1. The van der Waals surface area contributed by atoms with Crippen LogP contribution in [-0.4, -0.2) is 23.0 Å². The van der Waals surface area contributed by atoms with Gasteiger partial charge in [0.05, 0.1) is 5.25 Å². The molecule has 5 heteroatoms. The van der Waals surface area contributed by atoms with Crippen molar-refractivity contribution in [3.05, 3.63) is 0 Å². The largest absolute Gasteiger partial charge is 0.329 e. The first-order chi connectivity index (χ1) is 5.65. The minimum atomic E-state index is -0.122. The molecule has 0 spiro atoms. The number of thioether (sulfide) groups is 1. The van der Waals surface area contributed by atoms with Gasteiger partial charge in [-0.25, -0.2) is 5.84 Å². The molecule has 12 heavy (non-hydrogen) atoms. The number of amides is 1. The third-order valence-electron chi connectivity index (χ3n) is 1.53. The lowest BCUT2D eigenvalue weighted by molar-refractivity contribution is -0.120. The predicted molar refractivity (Wildman–Crippen MR) is 52.5 cm³/mol. The highest BCUT2D eigenvalue weighted by Gasteiger charge is 2.17. The van der Waals surface area contributed by atoms with Gasteiger partial charge in [0, 0.05) is 11.8 Å². The number of nitrogens with two attached hydrogens (primary N) is 2. The Bertz CT molecular complexity index is 143. The fourth-order valence-corrected chi connectivity index (χ4v) is 1.83. The first-order valence-electron chi connectivity index (χ1n) is 4.01. The molecular formula is C7H17N3OS. The predicted octanol–water partition coefficient (Wildman–Crippen LogP) is -0.165. The molecule has 0 aliphatic carbocycles. The summed E-state index contributed by atoms with van der Waals surface area (Å²) in [6.07, 6.45) is 0.776. The summed E-state index contributed by atoms with van der Waals surface area (Å²) in [4.78, 5) is 11.1. The van der Waals surface area contributed by atoms with Crippen LogP contribution in [0.15, 0.2) is 0 Å². The SMILES string of the molecule is CCC(SC(C)CN)C(=O)NN. The standard InChI is InChI=1S/C7H17N3OS/c1-3-6(7(11)10-9)12-5(2)4-8/h5-6H,3-4,8-9H2,1-2H3,(H,10,11). The van der Waals surface area contributed by atoms with Gasteiger partial charge >= 0.3 is 0 Å². The zero-order valence-electron chi connectivity index (χ0n) is 7.54. The lowest BCUT2D eigenvalue weighted by atomic mass is 10.3. The second kappa shape index (κ2) is 6.28. The maximum atomic E-state index is 11.1. The van der Waals surface area contributed by atoms with Gasteiger partial charge in [-0.3, -0.25) is 10.2 Å². The number of hydrogen-bond acceptors (Lipinski definition) is 4. The Labute approximate surface area is 77.4 Å². The molecule has 4 nitrogen and oxygen atoms in total. The van der Waals surface area contributed by atoms with Crippen LogP contribution in [0.3, 0.4) is 0 Å². The van der Waals surface area contributed by atoms with Crippen molar-refractivity contribution in [2.75, 3.05) is 6.54 Å². The van der Waals surface area contributed by atoms with Crippen LogP contribution in [0.25, 0.3) is 0 Å². The maximum Gasteiger partial charge on any atom is 0.246 e. The van der Waals surface area contributed by atoms with Crippen LogP contribution < -0.4 is 17.0 Å². The zero-order valence-corrected chi connectivity index (χ0v) is 8.36. The third-order valence-corrected chi connectivity index (χ3v) is 3.07. The van der Waals surface area contributed by atoms with Crippen molar-refractivity contribution >= 4 is 17.7 Å². The van der Waals surface area contributed by atoms with E-state index in [1.165, 1.54) is 0 Å². The van der Waals surface area contributed by atoms with Crippen LogP contribution in [-0.2, 0) is 4.79 Å². The molecule has 5 N–H and O–H groups in total. The van der Waals surface area contributed by atoms with Crippen LogP contribution in [0, 0.1) is 0 Å². The summed E-state index contributed by atoms with van der Waals surface area (Å²) in [5.74, 6) is 4.90. The minimum Gasteiger partial charge on any atom is -0.329 e. The first kappa shape index (κ1) is 11.7. The highest BCUT2D eigenvalue weighted by atomic mass is 32.2. The lowest BCUT2D eigenvalue weighted by Crippen LogP contribution is -2.38. The average Bonchev–Trinajstić information content (AvgIpc) is 2.12. The Balaban J connectivity index is 3.90. The molecule has 0 bridgehead atoms. The Hall–Kier alpha value is -0.260. The Morgan fingerprint density at radius 3 is 2.58 bits per heavy atom. The van der Waals surface area contributed by atoms with Crippen molar-refractivity contribution in [2.45, 2.75) is 30.8 Å². The topological polar surface area (TPSA) is 81.1 Å². The van der Waals surface area contributed by atoms with Gasteiger partial charge in [-0.05, 0) is 6.42 Å². The molecule has 0 radical (unpaired) electrons. The molecule has 0 saturated carbocycles. The quantitative estimate of drug-likeness (QED) is 0.320. The second-order valence-corrected chi connectivity index (χ2v) is 4.23. The summed E-state index contributed by atoms with van der Waals surface area (Å²) in [6, 6.07) is 0. The van der Waals surface area contributed by atoms with E-state index in [1.807, 2.05) is 13.8 Å². The normalized spacial score (nSPS) is 15.3. The van der Waals surface area contributed by atoms with Crippen LogP contribution >= 0.6 is 11.8 Å². The summed E-state index contributed by atoms with van der Waals surface area (Å²) in [5, 5.41) is 0.223. The molecule has 0 fully saturated rings. The van der Waals surface area contributed by atoms with Crippen molar-refractivity contribution in [3.8, 4) is 0 Å². The molecule has 0 aromatic carbocycles. The van der Waals surface area contributed by atoms with Crippen LogP contribution in [0.4, 0.5) is 0 Å². The monoisotopic (exact) mass is 191 g/mol. The van der Waals surface area contributed by atoms with Crippen molar-refractivity contribution in [2.24, 2.45) is 11.6 Å². The van der Waals surface area contributed by atoms with Gasteiger partial charge in [0.15, 0.2) is 0 Å². The Morgan fingerprint density at radius 2 is 2.25 bits per heavy atom. The van der Waals surface area contributed by atoms with E-state index in [0.717, 1.165) is 6.42 Å². The van der Waals surface area contributed by atoms with E-state index in [-0.39, 0.29) is 11.2 Å². The smallest absolute Gasteiger partial charge is 0.246 e. The lowest BCUT2D eigenvalue weighted by Gasteiger charge is -2.16. The van der Waals surface area contributed by atoms with Crippen LogP contribution in [0.1, 0.15) is 20.3 Å². The van der Waals surface area contributed by atoms with Gasteiger partial charge in [0.2, 0.25) is 5.91 Å². The van der Waals surface area contributed by atoms with Crippen molar-refractivity contribution in [1.82, 2.24) is 5.43 Å². The second-order valence-electron chi connectivity index (χ2n) is 2.59. The third kappa shape index (κ3) is 3.94. The number of hydrazine groups is 1. The van der Waals surface area contributed by atoms with E-state index in [1.54, 1.807) is 11.8 Å². The Kier molecular flexibility index (Phi) is 6.14. The van der Waals surface area contributed by atoms with Crippen LogP contribution in [0.5, 0.6) is 0 Å². The average molecular weight is 191 g/mol. The summed E-state index contributed by atoms with van der Waals surface area (Å²) in [5.41, 5.74) is 7.58. The van der Waals surface area contributed by atoms with Gasteiger partial charge in [-0.15, -0.1) is 11.8 Å². The first-order valence-corrected chi connectivity index (χ1v) is 4.95. The van der Waals surface area contributed by atoms with Crippen molar-refractivity contribution in [3.63, 3.8) is 0 Å². The Morgan fingerprint density at radius 1 is 1.67 bits per heavy atom. The molecule has 0 aliphatic heterocycles. The van der Waals surface area contributed by atoms with Gasteiger partial charge in [-0.2, -0.15) is 0 Å². The molecule has 72 valence electrons. The minimum absolute atomic E-state index is 0.0754. The van der Waals surface area contributed by atoms with E-state index in [4.69, 9.17) is 11.6 Å². The summed E-state index contributed by atoms with van der Waals surface area (Å²) in [7, 11) is 0. The number of carbonyl (C=O) groups is 1. The van der Waals surface area contributed by atoms with E-state index in [2.05, 4.69) is 5.43 Å². The van der Waals surface area contributed by atoms with Crippen molar-refractivity contribution < 1.29 is 4.79 Å². The molecule has 0 aromatic heterocycles. The highest BCUT2D eigenvalue weighted by Crippen LogP contribution is 2.19. The molecule has 1 amide bonds. The molecule has 0 aromatic rings. The van der Waals surface area contributed by atoms with E-state index < -0.39 is 0 Å². The molecule has 2 atom stereocenters. The van der Waals surface area contributed by atoms with E-state index in [9.17, 15) is 4.79 Å². The van der Waals surface area contributed by atoms with Gasteiger partial charge in [0.1, 0.15) is 0 Å². The highest BCUT2D eigenvalue weighted by molar-refractivity contribution is 8.01. The molecular weight excluding hydrogens is 174 g/mol. The molecule has 0 saturated heterocycles. The fraction of sp³-hybridized carbons (Fsp3) is 0.857. The van der Waals surface area contributed by atoms with E-state index >= 15 is 0 Å². The molecule has 2 unspecified atom stereocenters. The zero-order chi connectivity index (χ0) is 9.56. The number of nitrogens with one attached hydrogen (secondary N) is 1. The van der Waals surface area contributed by atoms with Crippen molar-refractivity contribution in [1.29, 1.82) is 0 Å². The number of hydrogen-bond donors (Lipinski definition) is 3. The van der Waals surface area contributed by atoms with Crippen LogP contribution in [0.2, 0.25) is 0 Å². The molecule has 0 heterocycles. The summed E-state index contributed by atoms with van der Waals surface area (Å²) in [6.45, 7) is 4.53. The number of rotatable bonds is 5. The van der Waals surface area contributed by atoms with Gasteiger partial charge < -0.3 is 5.73 Å². The summed E-state index contributed by atoms with van der Waals surface area (Å²) < 4.78 is 0. The fourth-order valence-electron chi connectivity index (χ4n) is 0.772. The molecule has 0 rings (SSSR count). The van der Waals surface area contributed by atoms with Gasteiger partial charge in [-0.1, -0.05) is 13.8 Å².